The first kappa shape index (κ1) is 14.8. The number of alkyl halides is 1. The highest BCUT2D eigenvalue weighted by atomic mass is 35.5. The van der Waals surface area contributed by atoms with E-state index >= 15 is 0 Å². The van der Waals surface area contributed by atoms with Crippen LogP contribution in [0.5, 0.6) is 0 Å². The molecular weight excluding hydrogens is 238 g/mol. The van der Waals surface area contributed by atoms with E-state index in [2.05, 4.69) is 13.8 Å². The number of rotatable bonds is 6. The van der Waals surface area contributed by atoms with Crippen LogP contribution < -0.4 is 0 Å². The van der Waals surface area contributed by atoms with E-state index in [9.17, 15) is 4.79 Å². The van der Waals surface area contributed by atoms with Gasteiger partial charge in [-0.2, -0.15) is 0 Å². The van der Waals surface area contributed by atoms with Crippen molar-refractivity contribution in [2.24, 2.45) is 5.92 Å². The van der Waals surface area contributed by atoms with Crippen molar-refractivity contribution < 1.29 is 9.53 Å². The summed E-state index contributed by atoms with van der Waals surface area (Å²) in [6, 6.07) is 0. The maximum atomic E-state index is 12.4. The molecule has 0 spiro atoms. The zero-order valence-electron chi connectivity index (χ0n) is 11.0. The quantitative estimate of drug-likeness (QED) is 0.688. The van der Waals surface area contributed by atoms with Gasteiger partial charge in [0.2, 0.25) is 5.91 Å². The average molecular weight is 262 g/mol. The van der Waals surface area contributed by atoms with Gasteiger partial charge in [0.1, 0.15) is 0 Å². The van der Waals surface area contributed by atoms with Gasteiger partial charge in [-0.05, 0) is 12.8 Å². The lowest BCUT2D eigenvalue weighted by molar-refractivity contribution is -0.142. The van der Waals surface area contributed by atoms with E-state index in [1.807, 2.05) is 4.90 Å². The monoisotopic (exact) mass is 261 g/mol. The second-order valence-electron chi connectivity index (χ2n) is 4.71. The first-order chi connectivity index (χ1) is 8.22. The molecule has 1 heterocycles. The van der Waals surface area contributed by atoms with E-state index in [1.54, 1.807) is 0 Å². The second-order valence-corrected chi connectivity index (χ2v) is 5.01. The molecule has 3 nitrogen and oxygen atoms in total. The third-order valence-corrected chi connectivity index (χ3v) is 3.59. The molecule has 0 aliphatic carbocycles. The Morgan fingerprint density at radius 1 is 1.41 bits per heavy atom. The van der Waals surface area contributed by atoms with Crippen molar-refractivity contribution in [1.82, 2.24) is 4.90 Å². The van der Waals surface area contributed by atoms with Crippen LogP contribution in [0.3, 0.4) is 0 Å². The molecule has 0 N–H and O–H groups in total. The van der Waals surface area contributed by atoms with Crippen LogP contribution in [0.4, 0.5) is 0 Å². The Hall–Kier alpha value is -0.280. The van der Waals surface area contributed by atoms with Crippen LogP contribution in [0.25, 0.3) is 0 Å². The SMILES string of the molecule is CCCC(CCC)C(=O)N1CCOC(CCl)C1. The van der Waals surface area contributed by atoms with Gasteiger partial charge in [-0.3, -0.25) is 4.79 Å². The molecule has 1 fully saturated rings. The van der Waals surface area contributed by atoms with Gasteiger partial charge in [0.25, 0.3) is 0 Å². The molecule has 1 unspecified atom stereocenters. The molecule has 4 heteroatoms. The third-order valence-electron chi connectivity index (χ3n) is 3.25. The molecule has 17 heavy (non-hydrogen) atoms. The summed E-state index contributed by atoms with van der Waals surface area (Å²) < 4.78 is 5.48. The summed E-state index contributed by atoms with van der Waals surface area (Å²) in [6.45, 7) is 6.27. The summed E-state index contributed by atoms with van der Waals surface area (Å²) in [6.07, 6.45) is 4.14. The maximum Gasteiger partial charge on any atom is 0.225 e. The Kier molecular flexibility index (Phi) is 6.90. The van der Waals surface area contributed by atoms with Crippen LogP contribution in [0.1, 0.15) is 39.5 Å². The number of ether oxygens (including phenoxy) is 1. The lowest BCUT2D eigenvalue weighted by atomic mass is 9.96. The Morgan fingerprint density at radius 2 is 2.06 bits per heavy atom. The van der Waals surface area contributed by atoms with Gasteiger partial charge in [-0.1, -0.05) is 26.7 Å². The summed E-state index contributed by atoms with van der Waals surface area (Å²) in [5.41, 5.74) is 0. The molecule has 0 aromatic rings. The summed E-state index contributed by atoms with van der Waals surface area (Å²) >= 11 is 5.79. The largest absolute Gasteiger partial charge is 0.373 e. The summed E-state index contributed by atoms with van der Waals surface area (Å²) in [5.74, 6) is 0.960. The van der Waals surface area contributed by atoms with Gasteiger partial charge in [-0.15, -0.1) is 11.6 Å². The zero-order valence-corrected chi connectivity index (χ0v) is 11.7. The van der Waals surface area contributed by atoms with Gasteiger partial charge in [0.15, 0.2) is 0 Å². The highest BCUT2D eigenvalue weighted by Gasteiger charge is 2.27. The summed E-state index contributed by atoms with van der Waals surface area (Å²) in [7, 11) is 0. The molecular formula is C13H24ClNO2. The second kappa shape index (κ2) is 7.93. The molecule has 1 aliphatic rings. The zero-order chi connectivity index (χ0) is 12.7. The highest BCUT2D eigenvalue weighted by molar-refractivity contribution is 6.18. The summed E-state index contributed by atoms with van der Waals surface area (Å²) in [4.78, 5) is 14.3. The predicted octanol–water partition coefficient (Wildman–Crippen LogP) is 2.67. The maximum absolute atomic E-state index is 12.4. The van der Waals surface area contributed by atoms with Gasteiger partial charge in [0, 0.05) is 19.0 Å². The normalized spacial score (nSPS) is 20.9. The molecule has 0 bridgehead atoms. The Balaban J connectivity index is 2.53. The first-order valence-corrected chi connectivity index (χ1v) is 7.22. The minimum Gasteiger partial charge on any atom is -0.373 e. The van der Waals surface area contributed by atoms with Crippen molar-refractivity contribution in [3.05, 3.63) is 0 Å². The van der Waals surface area contributed by atoms with Gasteiger partial charge in [-0.25, -0.2) is 0 Å². The molecule has 0 saturated carbocycles. The van der Waals surface area contributed by atoms with Crippen molar-refractivity contribution in [2.75, 3.05) is 25.6 Å². The fourth-order valence-corrected chi connectivity index (χ4v) is 2.55. The van der Waals surface area contributed by atoms with E-state index in [1.165, 1.54) is 0 Å². The Bertz CT molecular complexity index is 229. The molecule has 0 aromatic heterocycles. The third kappa shape index (κ3) is 4.47. The van der Waals surface area contributed by atoms with Crippen molar-refractivity contribution in [2.45, 2.75) is 45.6 Å². The number of hydrogen-bond acceptors (Lipinski definition) is 2. The number of nitrogens with zero attached hydrogens (tertiary/aromatic N) is 1. The average Bonchev–Trinajstić information content (AvgIpc) is 2.38. The number of halogens is 1. The van der Waals surface area contributed by atoms with Crippen molar-refractivity contribution >= 4 is 17.5 Å². The topological polar surface area (TPSA) is 29.5 Å². The van der Waals surface area contributed by atoms with Gasteiger partial charge < -0.3 is 9.64 Å². The van der Waals surface area contributed by atoms with E-state index in [-0.39, 0.29) is 12.0 Å². The van der Waals surface area contributed by atoms with Gasteiger partial charge >= 0.3 is 0 Å². The Morgan fingerprint density at radius 3 is 2.59 bits per heavy atom. The van der Waals surface area contributed by atoms with E-state index < -0.39 is 0 Å². The van der Waals surface area contributed by atoms with Crippen LogP contribution >= 0.6 is 11.6 Å². The molecule has 1 saturated heterocycles. The minimum atomic E-state index is 0.0123. The van der Waals surface area contributed by atoms with Crippen LogP contribution in [0.2, 0.25) is 0 Å². The number of carbonyl (C=O) groups is 1. The fourth-order valence-electron chi connectivity index (χ4n) is 2.36. The number of morpholine rings is 1. The number of hydrogen-bond donors (Lipinski definition) is 0. The summed E-state index contributed by atoms with van der Waals surface area (Å²) in [5, 5.41) is 0. The van der Waals surface area contributed by atoms with Crippen LogP contribution in [0.15, 0.2) is 0 Å². The van der Waals surface area contributed by atoms with Crippen LogP contribution in [-0.2, 0) is 9.53 Å². The minimum absolute atomic E-state index is 0.0123. The molecule has 1 amide bonds. The van der Waals surface area contributed by atoms with E-state index in [0.717, 1.165) is 32.2 Å². The first-order valence-electron chi connectivity index (χ1n) is 6.69. The Labute approximate surface area is 109 Å². The predicted molar refractivity (Wildman–Crippen MR) is 70.3 cm³/mol. The lowest BCUT2D eigenvalue weighted by Gasteiger charge is -2.34. The van der Waals surface area contributed by atoms with E-state index in [0.29, 0.717) is 24.9 Å². The molecule has 1 rings (SSSR count). The molecule has 1 aliphatic heterocycles. The molecule has 0 radical (unpaired) electrons. The van der Waals surface area contributed by atoms with E-state index in [4.69, 9.17) is 16.3 Å². The smallest absolute Gasteiger partial charge is 0.225 e. The fraction of sp³-hybridized carbons (Fsp3) is 0.923. The van der Waals surface area contributed by atoms with Crippen LogP contribution in [0, 0.1) is 5.92 Å². The molecule has 100 valence electrons. The van der Waals surface area contributed by atoms with Crippen LogP contribution in [-0.4, -0.2) is 42.5 Å². The number of amides is 1. The highest BCUT2D eigenvalue weighted by Crippen LogP contribution is 2.19. The molecule has 0 aromatic carbocycles. The standard InChI is InChI=1S/C13H24ClNO2/c1-3-5-11(6-4-2)13(16)15-7-8-17-12(9-14)10-15/h11-12H,3-10H2,1-2H3. The number of carbonyl (C=O) groups excluding carboxylic acids is 1. The van der Waals surface area contributed by atoms with Gasteiger partial charge in [0.05, 0.1) is 18.6 Å². The van der Waals surface area contributed by atoms with Crippen molar-refractivity contribution in [3.63, 3.8) is 0 Å². The van der Waals surface area contributed by atoms with Crippen molar-refractivity contribution in [3.8, 4) is 0 Å². The molecule has 1 atom stereocenters. The van der Waals surface area contributed by atoms with Crippen molar-refractivity contribution in [1.29, 1.82) is 0 Å². The lowest BCUT2D eigenvalue weighted by Crippen LogP contribution is -2.48.